The summed E-state index contributed by atoms with van der Waals surface area (Å²) >= 11 is 3.31. The van der Waals surface area contributed by atoms with Gasteiger partial charge in [0.2, 0.25) is 5.82 Å². The molecule has 1 aromatic carbocycles. The van der Waals surface area contributed by atoms with Gasteiger partial charge in [0.25, 0.3) is 5.89 Å². The van der Waals surface area contributed by atoms with Crippen molar-refractivity contribution in [3.8, 4) is 28.7 Å². The van der Waals surface area contributed by atoms with Gasteiger partial charge in [0.05, 0.1) is 5.69 Å². The molecule has 2 heterocycles. The summed E-state index contributed by atoms with van der Waals surface area (Å²) in [5.41, 5.74) is 7.03. The van der Waals surface area contributed by atoms with Gasteiger partial charge in [0, 0.05) is 16.2 Å². The molecule has 2 aromatic heterocycles. The fourth-order valence-corrected chi connectivity index (χ4v) is 1.86. The summed E-state index contributed by atoms with van der Waals surface area (Å²) in [4.78, 5) is 8.43. The summed E-state index contributed by atoms with van der Waals surface area (Å²) in [6.07, 6.45) is 1.65. The van der Waals surface area contributed by atoms with Gasteiger partial charge in [-0.1, -0.05) is 5.16 Å². The molecule has 3 N–H and O–H groups in total. The third-order valence-corrected chi connectivity index (χ3v) is 3.13. The van der Waals surface area contributed by atoms with E-state index in [1.54, 1.807) is 24.4 Å². The van der Waals surface area contributed by atoms with Crippen LogP contribution in [0.1, 0.15) is 0 Å². The lowest BCUT2D eigenvalue weighted by Gasteiger charge is -1.99. The normalized spacial score (nSPS) is 10.7. The van der Waals surface area contributed by atoms with Gasteiger partial charge >= 0.3 is 0 Å². The van der Waals surface area contributed by atoms with E-state index >= 15 is 0 Å². The number of halogens is 1. The molecule has 0 aliphatic carbocycles. The second kappa shape index (κ2) is 4.93. The first-order valence-corrected chi connectivity index (χ1v) is 6.47. The lowest BCUT2D eigenvalue weighted by Crippen LogP contribution is -1.87. The van der Waals surface area contributed by atoms with Crippen molar-refractivity contribution in [2.24, 2.45) is 0 Å². The highest BCUT2D eigenvalue weighted by Gasteiger charge is 2.12. The standard InChI is InChI=1S/C13H9BrN4O2/c14-8-2-4-10(16-6-8)12-17-13(20-18-12)7-1-3-9(15)11(19)5-7/h1-6,19H,15H2. The van der Waals surface area contributed by atoms with Crippen molar-refractivity contribution in [3.63, 3.8) is 0 Å². The van der Waals surface area contributed by atoms with Crippen molar-refractivity contribution in [1.82, 2.24) is 15.1 Å². The molecular formula is C13H9BrN4O2. The average molecular weight is 333 g/mol. The van der Waals surface area contributed by atoms with Crippen LogP contribution in [-0.2, 0) is 0 Å². The minimum atomic E-state index is -0.0241. The molecule has 20 heavy (non-hydrogen) atoms. The van der Waals surface area contributed by atoms with E-state index in [0.29, 0.717) is 28.7 Å². The Bertz CT molecular complexity index is 755. The molecule has 0 aliphatic rings. The molecule has 0 atom stereocenters. The monoisotopic (exact) mass is 332 g/mol. The average Bonchev–Trinajstić information content (AvgIpc) is 2.92. The zero-order valence-electron chi connectivity index (χ0n) is 10.1. The van der Waals surface area contributed by atoms with Gasteiger partial charge in [0.1, 0.15) is 11.4 Å². The molecule has 0 amide bonds. The summed E-state index contributed by atoms with van der Waals surface area (Å²) in [6, 6.07) is 8.36. The Labute approximate surface area is 122 Å². The number of nitrogens with zero attached hydrogens (tertiary/aromatic N) is 3. The number of phenolic OH excluding ortho intramolecular Hbond substituents is 1. The number of nitrogens with two attached hydrogens (primary N) is 1. The molecule has 3 aromatic rings. The highest BCUT2D eigenvalue weighted by molar-refractivity contribution is 9.10. The number of pyridine rings is 1. The maximum absolute atomic E-state index is 9.58. The number of hydrogen-bond acceptors (Lipinski definition) is 6. The van der Waals surface area contributed by atoms with E-state index in [2.05, 4.69) is 31.1 Å². The van der Waals surface area contributed by atoms with Crippen LogP contribution in [0.5, 0.6) is 5.75 Å². The van der Waals surface area contributed by atoms with Crippen LogP contribution in [0.4, 0.5) is 5.69 Å². The van der Waals surface area contributed by atoms with Gasteiger partial charge < -0.3 is 15.4 Å². The first-order valence-electron chi connectivity index (χ1n) is 5.68. The zero-order valence-corrected chi connectivity index (χ0v) is 11.7. The Morgan fingerprint density at radius 1 is 1.20 bits per heavy atom. The van der Waals surface area contributed by atoms with Crippen LogP contribution >= 0.6 is 15.9 Å². The minimum Gasteiger partial charge on any atom is -0.506 e. The predicted molar refractivity (Wildman–Crippen MR) is 76.7 cm³/mol. The van der Waals surface area contributed by atoms with E-state index in [1.165, 1.54) is 6.07 Å². The van der Waals surface area contributed by atoms with Gasteiger partial charge in [0.15, 0.2) is 0 Å². The van der Waals surface area contributed by atoms with Crippen molar-refractivity contribution >= 4 is 21.6 Å². The summed E-state index contributed by atoms with van der Waals surface area (Å²) in [5, 5.41) is 13.5. The Morgan fingerprint density at radius 2 is 2.05 bits per heavy atom. The Kier molecular flexibility index (Phi) is 3.11. The SMILES string of the molecule is Nc1ccc(-c2nc(-c3ccc(Br)cn3)no2)cc1O. The first-order chi connectivity index (χ1) is 9.63. The number of phenols is 1. The Morgan fingerprint density at radius 3 is 2.75 bits per heavy atom. The highest BCUT2D eigenvalue weighted by Crippen LogP contribution is 2.28. The van der Waals surface area contributed by atoms with Crippen molar-refractivity contribution in [1.29, 1.82) is 0 Å². The number of rotatable bonds is 2. The maximum atomic E-state index is 9.58. The summed E-state index contributed by atoms with van der Waals surface area (Å²) in [5.74, 6) is 0.646. The molecule has 0 fully saturated rings. The molecule has 0 spiro atoms. The number of benzene rings is 1. The van der Waals surface area contributed by atoms with E-state index < -0.39 is 0 Å². The van der Waals surface area contributed by atoms with Crippen LogP contribution in [0.15, 0.2) is 45.5 Å². The Hall–Kier alpha value is -2.41. The smallest absolute Gasteiger partial charge is 0.258 e. The molecule has 0 radical (unpaired) electrons. The van der Waals surface area contributed by atoms with Crippen LogP contribution in [0.2, 0.25) is 0 Å². The third-order valence-electron chi connectivity index (χ3n) is 2.66. The van der Waals surface area contributed by atoms with Gasteiger partial charge in [-0.3, -0.25) is 4.98 Å². The molecule has 0 unspecified atom stereocenters. The Balaban J connectivity index is 1.97. The molecule has 3 rings (SSSR count). The van der Waals surface area contributed by atoms with Crippen molar-refractivity contribution in [2.45, 2.75) is 0 Å². The number of nitrogen functional groups attached to an aromatic ring is 1. The fraction of sp³-hybridized carbons (Fsp3) is 0. The maximum Gasteiger partial charge on any atom is 0.258 e. The molecule has 0 aliphatic heterocycles. The van der Waals surface area contributed by atoms with Crippen LogP contribution in [0.3, 0.4) is 0 Å². The molecule has 0 bridgehead atoms. The fourth-order valence-electron chi connectivity index (χ4n) is 1.63. The van der Waals surface area contributed by atoms with E-state index in [1.807, 2.05) is 6.07 Å². The predicted octanol–water partition coefficient (Wildman–Crippen LogP) is 2.85. The van der Waals surface area contributed by atoms with Crippen LogP contribution < -0.4 is 5.73 Å². The van der Waals surface area contributed by atoms with E-state index in [4.69, 9.17) is 10.3 Å². The van der Waals surface area contributed by atoms with E-state index in [0.717, 1.165) is 4.47 Å². The van der Waals surface area contributed by atoms with E-state index in [-0.39, 0.29) is 5.75 Å². The van der Waals surface area contributed by atoms with Gasteiger partial charge in [-0.05, 0) is 46.3 Å². The molecule has 0 saturated heterocycles. The highest BCUT2D eigenvalue weighted by atomic mass is 79.9. The van der Waals surface area contributed by atoms with Crippen LogP contribution in [-0.4, -0.2) is 20.2 Å². The van der Waals surface area contributed by atoms with Crippen molar-refractivity contribution < 1.29 is 9.63 Å². The van der Waals surface area contributed by atoms with Gasteiger partial charge in [-0.25, -0.2) is 0 Å². The second-order valence-corrected chi connectivity index (χ2v) is 4.97. The lowest BCUT2D eigenvalue weighted by molar-refractivity contribution is 0.431. The number of anilines is 1. The zero-order chi connectivity index (χ0) is 14.1. The third kappa shape index (κ3) is 2.35. The van der Waals surface area contributed by atoms with Crippen molar-refractivity contribution in [3.05, 3.63) is 41.0 Å². The number of hydrogen-bond donors (Lipinski definition) is 2. The minimum absolute atomic E-state index is 0.0241. The summed E-state index contributed by atoms with van der Waals surface area (Å²) in [6.45, 7) is 0. The first kappa shape index (κ1) is 12.6. The summed E-state index contributed by atoms with van der Waals surface area (Å²) < 4.78 is 6.03. The summed E-state index contributed by atoms with van der Waals surface area (Å²) in [7, 11) is 0. The van der Waals surface area contributed by atoms with Gasteiger partial charge in [-0.15, -0.1) is 0 Å². The van der Waals surface area contributed by atoms with Crippen molar-refractivity contribution in [2.75, 3.05) is 5.73 Å². The topological polar surface area (TPSA) is 98.1 Å². The number of aromatic nitrogens is 3. The molecule has 0 saturated carbocycles. The van der Waals surface area contributed by atoms with Crippen LogP contribution in [0, 0.1) is 0 Å². The lowest BCUT2D eigenvalue weighted by atomic mass is 10.2. The van der Waals surface area contributed by atoms with Gasteiger partial charge in [-0.2, -0.15) is 4.98 Å². The molecule has 6 nitrogen and oxygen atoms in total. The quantitative estimate of drug-likeness (QED) is 0.553. The molecular weight excluding hydrogens is 324 g/mol. The largest absolute Gasteiger partial charge is 0.506 e. The molecule has 100 valence electrons. The number of aromatic hydroxyl groups is 1. The second-order valence-electron chi connectivity index (χ2n) is 4.06. The van der Waals surface area contributed by atoms with Crippen LogP contribution in [0.25, 0.3) is 23.0 Å². The van der Waals surface area contributed by atoms with E-state index in [9.17, 15) is 5.11 Å². The molecule has 7 heteroatoms.